The first-order valence-corrected chi connectivity index (χ1v) is 6.93. The van der Waals surface area contributed by atoms with Crippen molar-refractivity contribution in [1.82, 2.24) is 4.90 Å². The Hall–Kier alpha value is -1.88. The van der Waals surface area contributed by atoms with Crippen LogP contribution in [0, 0.1) is 5.92 Å². The van der Waals surface area contributed by atoms with Crippen molar-refractivity contribution in [1.29, 1.82) is 0 Å². The number of nitrogens with zero attached hydrogens (tertiary/aromatic N) is 2. The molecule has 1 aromatic carbocycles. The highest BCUT2D eigenvalue weighted by Gasteiger charge is 2.40. The molecule has 2 aliphatic heterocycles. The van der Waals surface area contributed by atoms with E-state index in [0.717, 1.165) is 11.3 Å². The summed E-state index contributed by atoms with van der Waals surface area (Å²) in [5, 5.41) is 4.12. The van der Waals surface area contributed by atoms with Crippen LogP contribution in [0.25, 0.3) is 0 Å². The molecule has 0 aliphatic carbocycles. The minimum absolute atomic E-state index is 0.0842. The van der Waals surface area contributed by atoms with Crippen LogP contribution < -0.4 is 0 Å². The molecule has 1 amide bonds. The van der Waals surface area contributed by atoms with Crippen LogP contribution in [-0.2, 0) is 14.4 Å². The number of hydrogen-bond donors (Lipinski definition) is 0. The largest absolute Gasteiger partial charge is 0.391 e. The lowest BCUT2D eigenvalue weighted by Gasteiger charge is -2.30. The standard InChI is InChI=1S/C15H18N2O3/c1-11-13(15(18)17-7-9-19-10-8-17)14(16-20-11)12-5-3-2-4-6-12/h2-6,11,13H,7-10H2,1H3/t11-,13-/m0/s1. The molecule has 1 fully saturated rings. The van der Waals surface area contributed by atoms with Gasteiger partial charge in [0.05, 0.1) is 13.2 Å². The van der Waals surface area contributed by atoms with Crippen molar-refractivity contribution in [3.63, 3.8) is 0 Å². The lowest BCUT2D eigenvalue weighted by atomic mass is 9.91. The Morgan fingerprint density at radius 3 is 2.65 bits per heavy atom. The second-order valence-corrected chi connectivity index (χ2v) is 5.07. The van der Waals surface area contributed by atoms with Crippen molar-refractivity contribution in [2.45, 2.75) is 13.0 Å². The van der Waals surface area contributed by atoms with E-state index in [0.29, 0.717) is 26.3 Å². The molecule has 0 unspecified atom stereocenters. The maximum absolute atomic E-state index is 12.7. The Labute approximate surface area is 118 Å². The summed E-state index contributed by atoms with van der Waals surface area (Å²) in [6.45, 7) is 4.38. The molecule has 1 aromatic rings. The first-order chi connectivity index (χ1) is 9.77. The fourth-order valence-electron chi connectivity index (χ4n) is 2.62. The molecule has 106 valence electrons. The van der Waals surface area contributed by atoms with Crippen molar-refractivity contribution in [3.8, 4) is 0 Å². The van der Waals surface area contributed by atoms with E-state index in [1.165, 1.54) is 0 Å². The van der Waals surface area contributed by atoms with Gasteiger partial charge in [-0.1, -0.05) is 35.5 Å². The van der Waals surface area contributed by atoms with Gasteiger partial charge in [0.15, 0.2) is 0 Å². The van der Waals surface area contributed by atoms with Gasteiger partial charge in [-0.25, -0.2) is 0 Å². The number of morpholine rings is 1. The van der Waals surface area contributed by atoms with Gasteiger partial charge in [-0.15, -0.1) is 0 Å². The highest BCUT2D eigenvalue weighted by Crippen LogP contribution is 2.25. The number of carbonyl (C=O) groups excluding carboxylic acids is 1. The summed E-state index contributed by atoms with van der Waals surface area (Å²) in [7, 11) is 0. The zero-order valence-electron chi connectivity index (χ0n) is 11.5. The van der Waals surface area contributed by atoms with Gasteiger partial charge in [-0.2, -0.15) is 0 Å². The minimum Gasteiger partial charge on any atom is -0.391 e. The third-order valence-corrected chi connectivity index (χ3v) is 3.74. The van der Waals surface area contributed by atoms with Crippen molar-refractivity contribution in [2.75, 3.05) is 26.3 Å². The van der Waals surface area contributed by atoms with E-state index in [4.69, 9.17) is 9.57 Å². The molecule has 2 heterocycles. The van der Waals surface area contributed by atoms with Crippen molar-refractivity contribution in [3.05, 3.63) is 35.9 Å². The zero-order valence-corrected chi connectivity index (χ0v) is 11.5. The highest BCUT2D eigenvalue weighted by atomic mass is 16.6. The smallest absolute Gasteiger partial charge is 0.235 e. The van der Waals surface area contributed by atoms with Crippen LogP contribution in [0.3, 0.4) is 0 Å². The molecule has 0 saturated carbocycles. The number of rotatable bonds is 2. The maximum Gasteiger partial charge on any atom is 0.235 e. The highest BCUT2D eigenvalue weighted by molar-refractivity contribution is 6.14. The first kappa shape index (κ1) is 13.1. The second kappa shape index (κ2) is 5.63. The molecule has 0 spiro atoms. The summed E-state index contributed by atoms with van der Waals surface area (Å²) in [6, 6.07) is 9.75. The zero-order chi connectivity index (χ0) is 13.9. The second-order valence-electron chi connectivity index (χ2n) is 5.07. The van der Waals surface area contributed by atoms with E-state index < -0.39 is 0 Å². The van der Waals surface area contributed by atoms with Crippen LogP contribution in [0.15, 0.2) is 35.5 Å². The molecule has 0 bridgehead atoms. The van der Waals surface area contributed by atoms with Gasteiger partial charge in [0.25, 0.3) is 0 Å². The predicted molar refractivity (Wildman–Crippen MR) is 74.4 cm³/mol. The van der Waals surface area contributed by atoms with E-state index in [-0.39, 0.29) is 17.9 Å². The van der Waals surface area contributed by atoms with Crippen molar-refractivity contribution >= 4 is 11.6 Å². The molecule has 5 nitrogen and oxygen atoms in total. The van der Waals surface area contributed by atoms with Gasteiger partial charge in [0.1, 0.15) is 17.7 Å². The van der Waals surface area contributed by atoms with E-state index >= 15 is 0 Å². The SMILES string of the molecule is C[C@@H]1ON=C(c2ccccc2)[C@H]1C(=O)N1CCOCC1. The minimum atomic E-state index is -0.324. The molecule has 3 rings (SSSR count). The van der Waals surface area contributed by atoms with Crippen molar-refractivity contribution < 1.29 is 14.4 Å². The Morgan fingerprint density at radius 1 is 1.25 bits per heavy atom. The van der Waals surface area contributed by atoms with Crippen LogP contribution in [0.5, 0.6) is 0 Å². The maximum atomic E-state index is 12.7. The summed E-state index contributed by atoms with van der Waals surface area (Å²) in [6.07, 6.45) is -0.222. The van der Waals surface area contributed by atoms with E-state index in [2.05, 4.69) is 5.16 Å². The first-order valence-electron chi connectivity index (χ1n) is 6.93. The third kappa shape index (κ3) is 2.41. The average molecular weight is 274 g/mol. The Morgan fingerprint density at radius 2 is 1.95 bits per heavy atom. The van der Waals surface area contributed by atoms with E-state index in [9.17, 15) is 4.79 Å². The lowest BCUT2D eigenvalue weighted by Crippen LogP contribution is -2.47. The summed E-state index contributed by atoms with van der Waals surface area (Å²) in [5.74, 6) is -0.239. The molecule has 5 heteroatoms. The number of ether oxygens (including phenoxy) is 1. The monoisotopic (exact) mass is 274 g/mol. The number of hydrogen-bond acceptors (Lipinski definition) is 4. The van der Waals surface area contributed by atoms with Crippen LogP contribution >= 0.6 is 0 Å². The summed E-state index contributed by atoms with van der Waals surface area (Å²) in [5.41, 5.74) is 1.68. The Bertz CT molecular complexity index is 509. The van der Waals surface area contributed by atoms with E-state index in [1.807, 2.05) is 42.2 Å². The molecular formula is C15H18N2O3. The third-order valence-electron chi connectivity index (χ3n) is 3.74. The molecule has 0 radical (unpaired) electrons. The van der Waals surface area contributed by atoms with Crippen LogP contribution in [0.4, 0.5) is 0 Å². The quantitative estimate of drug-likeness (QED) is 0.816. The van der Waals surface area contributed by atoms with Gasteiger partial charge >= 0.3 is 0 Å². The van der Waals surface area contributed by atoms with Gasteiger partial charge in [0, 0.05) is 18.7 Å². The summed E-state index contributed by atoms with van der Waals surface area (Å²) >= 11 is 0. The van der Waals surface area contributed by atoms with E-state index in [1.54, 1.807) is 0 Å². The molecule has 0 aromatic heterocycles. The van der Waals surface area contributed by atoms with Gasteiger partial charge in [0.2, 0.25) is 5.91 Å². The number of carbonyl (C=O) groups is 1. The summed E-state index contributed by atoms with van der Waals surface area (Å²) < 4.78 is 5.30. The molecule has 2 atom stereocenters. The van der Waals surface area contributed by atoms with Crippen LogP contribution in [0.2, 0.25) is 0 Å². The molecule has 0 N–H and O–H groups in total. The molecule has 1 saturated heterocycles. The van der Waals surface area contributed by atoms with Crippen molar-refractivity contribution in [2.24, 2.45) is 11.1 Å². The predicted octanol–water partition coefficient (Wildman–Crippen LogP) is 1.28. The Kier molecular flexibility index (Phi) is 3.69. The average Bonchev–Trinajstić information content (AvgIpc) is 2.90. The van der Waals surface area contributed by atoms with Gasteiger partial charge < -0.3 is 14.5 Å². The topological polar surface area (TPSA) is 51.1 Å². The van der Waals surface area contributed by atoms with Gasteiger partial charge in [-0.3, -0.25) is 4.79 Å². The summed E-state index contributed by atoms with van der Waals surface area (Å²) in [4.78, 5) is 19.9. The number of benzene rings is 1. The fourth-order valence-corrected chi connectivity index (χ4v) is 2.62. The van der Waals surface area contributed by atoms with Crippen LogP contribution in [-0.4, -0.2) is 48.9 Å². The molecule has 20 heavy (non-hydrogen) atoms. The lowest BCUT2D eigenvalue weighted by molar-refractivity contribution is -0.139. The normalized spacial score (nSPS) is 26.1. The van der Waals surface area contributed by atoms with Crippen LogP contribution in [0.1, 0.15) is 12.5 Å². The number of amides is 1. The Balaban J connectivity index is 1.83. The van der Waals surface area contributed by atoms with Gasteiger partial charge in [-0.05, 0) is 6.92 Å². The molecular weight excluding hydrogens is 256 g/mol. The molecule has 2 aliphatic rings. The fraction of sp³-hybridized carbons (Fsp3) is 0.467. The number of oxime groups is 1.